The van der Waals surface area contributed by atoms with Gasteiger partial charge in [0.1, 0.15) is 6.10 Å². The molecule has 0 aromatic carbocycles. The maximum absolute atomic E-state index is 12.3. The molecule has 2 aliphatic rings. The van der Waals surface area contributed by atoms with E-state index >= 15 is 0 Å². The summed E-state index contributed by atoms with van der Waals surface area (Å²) in [4.78, 5) is 12.3. The Morgan fingerprint density at radius 1 is 0.960 bits per heavy atom. The largest absolute Gasteiger partial charge is 0.461 e. The minimum atomic E-state index is -1.38. The first-order valence-corrected chi connectivity index (χ1v) is 14.2. The van der Waals surface area contributed by atoms with E-state index in [0.717, 1.165) is 6.42 Å². The highest BCUT2D eigenvalue weighted by molar-refractivity contribution is 6.83. The van der Waals surface area contributed by atoms with Crippen LogP contribution in [0.15, 0.2) is 11.3 Å². The van der Waals surface area contributed by atoms with Gasteiger partial charge < -0.3 is 4.74 Å². The third kappa shape index (κ3) is 4.99. The Kier molecular flexibility index (Phi) is 7.37. The summed E-state index contributed by atoms with van der Waals surface area (Å²) < 4.78 is 5.79. The molecule has 0 spiro atoms. The Bertz CT molecular complexity index is 477. The molecule has 1 saturated heterocycles. The number of rotatable bonds is 12. The summed E-state index contributed by atoms with van der Waals surface area (Å²) in [6, 6.07) is 0. The van der Waals surface area contributed by atoms with Crippen molar-refractivity contribution in [2.75, 3.05) is 0 Å². The topological polar surface area (TPSA) is 26.3 Å². The average molecular weight is 365 g/mol. The molecule has 0 saturated carbocycles. The molecule has 0 radical (unpaired) electrons. The lowest BCUT2D eigenvalue weighted by molar-refractivity contribution is -0.143. The van der Waals surface area contributed by atoms with Crippen LogP contribution >= 0.6 is 0 Å². The molecule has 0 unspecified atom stereocenters. The van der Waals surface area contributed by atoms with E-state index in [4.69, 9.17) is 4.74 Å². The fourth-order valence-electron chi connectivity index (χ4n) is 4.57. The molecule has 0 aromatic rings. The number of ether oxygens (including phenoxy) is 1. The van der Waals surface area contributed by atoms with E-state index in [1.807, 2.05) is 0 Å². The fourth-order valence-corrected chi connectivity index (χ4v) is 6.61. The number of fused-ring (bicyclic) bond motifs is 1. The number of carbonyl (C=O) groups excluding carboxylic acids is 1. The third-order valence-corrected chi connectivity index (χ3v) is 8.44. The molecular formula is C22H40O2Si. The summed E-state index contributed by atoms with van der Waals surface area (Å²) in [5.74, 6) is 0.131. The molecule has 2 nitrogen and oxygen atoms in total. The summed E-state index contributed by atoms with van der Waals surface area (Å²) >= 11 is 0. The van der Waals surface area contributed by atoms with Gasteiger partial charge in [-0.15, -0.1) is 0 Å². The zero-order valence-corrected chi connectivity index (χ0v) is 18.3. The number of esters is 1. The van der Waals surface area contributed by atoms with E-state index in [1.54, 1.807) is 0 Å². The van der Waals surface area contributed by atoms with Gasteiger partial charge >= 0.3 is 5.97 Å². The monoisotopic (exact) mass is 364 g/mol. The quantitative estimate of drug-likeness (QED) is 0.220. The zero-order valence-electron chi connectivity index (χ0n) is 17.3. The van der Waals surface area contributed by atoms with Crippen molar-refractivity contribution in [3.63, 3.8) is 0 Å². The molecule has 3 atom stereocenters. The van der Waals surface area contributed by atoms with Crippen molar-refractivity contribution >= 4 is 14.0 Å². The van der Waals surface area contributed by atoms with E-state index < -0.39 is 8.07 Å². The lowest BCUT2D eigenvalue weighted by Gasteiger charge is -2.44. The molecule has 1 heterocycles. The van der Waals surface area contributed by atoms with Crippen LogP contribution < -0.4 is 0 Å². The second kappa shape index (κ2) is 8.88. The Balaban J connectivity index is 1.63. The smallest absolute Gasteiger partial charge is 0.314 e. The molecule has 1 aliphatic heterocycles. The molecule has 1 aliphatic carbocycles. The van der Waals surface area contributed by atoms with Gasteiger partial charge in [0.15, 0.2) is 0 Å². The molecule has 0 amide bonds. The van der Waals surface area contributed by atoms with Gasteiger partial charge in [-0.3, -0.25) is 4.79 Å². The number of hydrogen-bond donors (Lipinski definition) is 0. The van der Waals surface area contributed by atoms with E-state index in [0.29, 0.717) is 0 Å². The van der Waals surface area contributed by atoms with Gasteiger partial charge in [-0.2, -0.15) is 0 Å². The van der Waals surface area contributed by atoms with Crippen molar-refractivity contribution in [2.24, 2.45) is 11.3 Å². The summed E-state index contributed by atoms with van der Waals surface area (Å²) in [6.07, 6.45) is 17.1. The van der Waals surface area contributed by atoms with Crippen molar-refractivity contribution in [3.05, 3.63) is 11.3 Å². The zero-order chi connectivity index (χ0) is 18.5. The van der Waals surface area contributed by atoms with Gasteiger partial charge in [0, 0.05) is 5.41 Å². The average Bonchev–Trinajstić information content (AvgIpc) is 2.68. The van der Waals surface area contributed by atoms with Gasteiger partial charge in [0.25, 0.3) is 0 Å². The molecule has 0 aromatic heterocycles. The van der Waals surface area contributed by atoms with Crippen LogP contribution in [0.3, 0.4) is 0 Å². The number of carbonyl (C=O) groups is 1. The highest BCUT2D eigenvalue weighted by atomic mass is 28.3. The molecule has 0 N–H and O–H groups in total. The molecule has 144 valence electrons. The molecule has 1 fully saturated rings. The molecule has 25 heavy (non-hydrogen) atoms. The maximum atomic E-state index is 12.3. The Morgan fingerprint density at radius 2 is 1.48 bits per heavy atom. The van der Waals surface area contributed by atoms with Crippen molar-refractivity contribution in [1.29, 1.82) is 0 Å². The van der Waals surface area contributed by atoms with E-state index in [1.165, 1.54) is 69.4 Å². The molecule has 0 bridgehead atoms. The Morgan fingerprint density at radius 3 is 2.00 bits per heavy atom. The van der Waals surface area contributed by atoms with Crippen molar-refractivity contribution in [3.8, 4) is 0 Å². The predicted molar refractivity (Wildman–Crippen MR) is 109 cm³/mol. The van der Waals surface area contributed by atoms with Crippen LogP contribution in [0.25, 0.3) is 0 Å². The number of cyclic esters (lactones) is 1. The highest BCUT2D eigenvalue weighted by Crippen LogP contribution is 2.57. The maximum Gasteiger partial charge on any atom is 0.314 e. The van der Waals surface area contributed by atoms with Gasteiger partial charge in [-0.1, -0.05) is 103 Å². The minimum absolute atomic E-state index is 0.00796. The van der Waals surface area contributed by atoms with Gasteiger partial charge in [-0.05, 0) is 12.8 Å². The van der Waals surface area contributed by atoms with Crippen LogP contribution in [0.4, 0.5) is 0 Å². The lowest BCUT2D eigenvalue weighted by atomic mass is 9.65. The van der Waals surface area contributed by atoms with E-state index in [-0.39, 0.29) is 23.4 Å². The van der Waals surface area contributed by atoms with Gasteiger partial charge in [0.2, 0.25) is 0 Å². The van der Waals surface area contributed by atoms with Gasteiger partial charge in [-0.25, -0.2) is 0 Å². The van der Waals surface area contributed by atoms with Crippen LogP contribution in [0.2, 0.25) is 19.6 Å². The summed E-state index contributed by atoms with van der Waals surface area (Å²) in [5, 5.41) is 1.42. The Hall–Kier alpha value is -0.573. The standard InChI is InChI=1S/C22H40O2Si/c1-6-7-8-9-10-11-12-13-14-15-16-19-22(2)17-18(25(3,4)5)20(22)21(23)24-19/h17,19-20H,6-16H2,1-5H3/t19-,20-,22+/m1/s1. The van der Waals surface area contributed by atoms with Crippen LogP contribution in [0, 0.1) is 11.3 Å². The van der Waals surface area contributed by atoms with E-state index in [2.05, 4.69) is 39.6 Å². The first-order valence-electron chi connectivity index (χ1n) is 10.7. The van der Waals surface area contributed by atoms with Crippen LogP contribution in [-0.4, -0.2) is 20.1 Å². The highest BCUT2D eigenvalue weighted by Gasteiger charge is 2.61. The summed E-state index contributed by atoms with van der Waals surface area (Å²) in [7, 11) is -1.38. The second-order valence-corrected chi connectivity index (χ2v) is 14.6. The van der Waals surface area contributed by atoms with Crippen LogP contribution in [0.5, 0.6) is 0 Å². The predicted octanol–water partition coefficient (Wildman–Crippen LogP) is 6.66. The van der Waals surface area contributed by atoms with Crippen molar-refractivity contribution in [1.82, 2.24) is 0 Å². The normalized spacial score (nSPS) is 28.4. The summed E-state index contributed by atoms with van der Waals surface area (Å²) in [6.45, 7) is 11.5. The number of hydrogen-bond acceptors (Lipinski definition) is 2. The second-order valence-electron chi connectivity index (χ2n) is 9.54. The third-order valence-electron chi connectivity index (χ3n) is 6.27. The van der Waals surface area contributed by atoms with Crippen molar-refractivity contribution < 1.29 is 9.53 Å². The minimum Gasteiger partial charge on any atom is -0.461 e. The Labute approximate surface area is 156 Å². The van der Waals surface area contributed by atoms with Crippen molar-refractivity contribution in [2.45, 2.75) is 110 Å². The first kappa shape index (κ1) is 20.7. The summed E-state index contributed by atoms with van der Waals surface area (Å²) in [5.41, 5.74) is -0.00796. The van der Waals surface area contributed by atoms with Crippen LogP contribution in [-0.2, 0) is 9.53 Å². The molecular weight excluding hydrogens is 324 g/mol. The first-order chi connectivity index (χ1) is 11.8. The lowest BCUT2D eigenvalue weighted by Crippen LogP contribution is -2.48. The van der Waals surface area contributed by atoms with Crippen LogP contribution in [0.1, 0.15) is 84.5 Å². The van der Waals surface area contributed by atoms with E-state index in [9.17, 15) is 4.79 Å². The fraction of sp³-hybridized carbons (Fsp3) is 0.864. The molecule has 2 rings (SSSR count). The SMILES string of the molecule is CCCCCCCCCCCC[C@H]1OC(=O)[C@H]2C([Si](C)(C)C)=C[C@]21C. The number of unbranched alkanes of at least 4 members (excludes halogenated alkanes) is 9. The molecule has 3 heteroatoms. The van der Waals surface area contributed by atoms with Gasteiger partial charge in [0.05, 0.1) is 14.0 Å².